The molecule has 1 aromatic heterocycles. The lowest BCUT2D eigenvalue weighted by Gasteiger charge is -2.18. The van der Waals surface area contributed by atoms with Crippen LogP contribution in [0.5, 0.6) is 0 Å². The van der Waals surface area contributed by atoms with Gasteiger partial charge in [0.1, 0.15) is 11.9 Å². The summed E-state index contributed by atoms with van der Waals surface area (Å²) in [6, 6.07) is 0.799. The van der Waals surface area contributed by atoms with E-state index in [0.717, 1.165) is 6.26 Å². The third-order valence-electron chi connectivity index (χ3n) is 2.14. The molecule has 0 aliphatic heterocycles. The van der Waals surface area contributed by atoms with E-state index in [4.69, 9.17) is 0 Å². The first-order chi connectivity index (χ1) is 8.28. The van der Waals surface area contributed by atoms with Crippen molar-refractivity contribution in [3.8, 4) is 0 Å². The average Bonchev–Trinajstić information content (AvgIpc) is 2.66. The fraction of sp³-hybridized carbons (Fsp3) is 0.600. The number of nitrogens with zero attached hydrogens (tertiary/aromatic N) is 1. The molecule has 0 saturated heterocycles. The topological polar surface area (TPSA) is 104 Å². The number of hydrogen-bond donors (Lipinski definition) is 3. The van der Waals surface area contributed by atoms with Crippen LogP contribution < -0.4 is 10.0 Å². The number of aromatic amines is 1. The third-order valence-corrected chi connectivity index (χ3v) is 2.85. The number of nitrogens with one attached hydrogen (secondary N) is 3. The van der Waals surface area contributed by atoms with Crippen molar-refractivity contribution < 1.29 is 13.2 Å². The number of rotatable bonds is 6. The van der Waals surface area contributed by atoms with Crippen LogP contribution in [-0.4, -0.2) is 36.8 Å². The summed E-state index contributed by atoms with van der Waals surface area (Å²) in [6.45, 7) is 3.83. The molecule has 8 heteroatoms. The van der Waals surface area contributed by atoms with Crippen molar-refractivity contribution in [3.05, 3.63) is 12.3 Å². The third kappa shape index (κ3) is 5.28. The molecule has 0 bridgehead atoms. The van der Waals surface area contributed by atoms with Gasteiger partial charge in [-0.05, 0) is 12.3 Å². The molecule has 1 amide bonds. The SMILES string of the molecule is CC(C)CC(NS(C)(=O)=O)C(=O)Nc1ccn[nH]1. The molecule has 0 spiro atoms. The van der Waals surface area contributed by atoms with Gasteiger partial charge in [-0.3, -0.25) is 9.89 Å². The molecule has 7 nitrogen and oxygen atoms in total. The van der Waals surface area contributed by atoms with Crippen LogP contribution in [-0.2, 0) is 14.8 Å². The Morgan fingerprint density at radius 2 is 2.17 bits per heavy atom. The number of sulfonamides is 1. The lowest BCUT2D eigenvalue weighted by atomic mass is 10.0. The minimum atomic E-state index is -3.43. The smallest absolute Gasteiger partial charge is 0.243 e. The second-order valence-electron chi connectivity index (χ2n) is 4.53. The van der Waals surface area contributed by atoms with E-state index in [9.17, 15) is 13.2 Å². The van der Waals surface area contributed by atoms with E-state index in [0.29, 0.717) is 12.2 Å². The fourth-order valence-corrected chi connectivity index (χ4v) is 2.20. The highest BCUT2D eigenvalue weighted by Crippen LogP contribution is 2.08. The highest BCUT2D eigenvalue weighted by atomic mass is 32.2. The fourth-order valence-electron chi connectivity index (χ4n) is 1.48. The Balaban J connectivity index is 2.72. The van der Waals surface area contributed by atoms with Crippen LogP contribution in [0, 0.1) is 5.92 Å². The molecule has 0 saturated carbocycles. The second-order valence-corrected chi connectivity index (χ2v) is 6.31. The number of carbonyl (C=O) groups excluding carboxylic acids is 1. The second kappa shape index (κ2) is 5.96. The largest absolute Gasteiger partial charge is 0.310 e. The van der Waals surface area contributed by atoms with Crippen LogP contribution in [0.1, 0.15) is 20.3 Å². The molecule has 1 atom stereocenters. The van der Waals surface area contributed by atoms with Crippen molar-refractivity contribution in [2.75, 3.05) is 11.6 Å². The zero-order valence-electron chi connectivity index (χ0n) is 10.6. The minimum absolute atomic E-state index is 0.191. The Morgan fingerprint density at radius 3 is 2.61 bits per heavy atom. The molecule has 102 valence electrons. The van der Waals surface area contributed by atoms with Crippen LogP contribution in [0.2, 0.25) is 0 Å². The molecule has 1 heterocycles. The highest BCUT2D eigenvalue weighted by Gasteiger charge is 2.23. The van der Waals surface area contributed by atoms with Gasteiger partial charge in [-0.1, -0.05) is 13.8 Å². The maximum atomic E-state index is 11.9. The van der Waals surface area contributed by atoms with Gasteiger partial charge in [0.05, 0.1) is 12.5 Å². The van der Waals surface area contributed by atoms with Gasteiger partial charge in [0, 0.05) is 6.07 Å². The normalized spacial score (nSPS) is 13.6. The molecule has 1 unspecified atom stereocenters. The lowest BCUT2D eigenvalue weighted by Crippen LogP contribution is -2.44. The summed E-state index contributed by atoms with van der Waals surface area (Å²) in [5, 5.41) is 8.84. The molecular formula is C10H18N4O3S. The molecular weight excluding hydrogens is 256 g/mol. The summed E-state index contributed by atoms with van der Waals surface area (Å²) in [5.74, 6) is 0.221. The van der Waals surface area contributed by atoms with E-state index >= 15 is 0 Å². The zero-order chi connectivity index (χ0) is 13.8. The maximum absolute atomic E-state index is 11.9. The number of H-pyrrole nitrogens is 1. The minimum Gasteiger partial charge on any atom is -0.310 e. The standard InChI is InChI=1S/C10H18N4O3S/c1-7(2)6-8(14-18(3,16)17)10(15)12-9-4-5-11-13-9/h4-5,7-8,14H,6H2,1-3H3,(H2,11,12,13,15). The zero-order valence-corrected chi connectivity index (χ0v) is 11.4. The first-order valence-electron chi connectivity index (χ1n) is 5.55. The summed E-state index contributed by atoms with van der Waals surface area (Å²) in [5.41, 5.74) is 0. The summed E-state index contributed by atoms with van der Waals surface area (Å²) in [4.78, 5) is 11.9. The lowest BCUT2D eigenvalue weighted by molar-refractivity contribution is -0.118. The van der Waals surface area contributed by atoms with Gasteiger partial charge in [-0.15, -0.1) is 0 Å². The van der Waals surface area contributed by atoms with Gasteiger partial charge in [0.25, 0.3) is 0 Å². The van der Waals surface area contributed by atoms with Crippen molar-refractivity contribution in [2.45, 2.75) is 26.3 Å². The number of anilines is 1. The van der Waals surface area contributed by atoms with Crippen molar-refractivity contribution >= 4 is 21.7 Å². The number of carbonyl (C=O) groups is 1. The summed E-state index contributed by atoms with van der Waals surface area (Å²) >= 11 is 0. The van der Waals surface area contributed by atoms with Gasteiger partial charge < -0.3 is 5.32 Å². The van der Waals surface area contributed by atoms with Crippen LogP contribution in [0.3, 0.4) is 0 Å². The first kappa shape index (κ1) is 14.7. The highest BCUT2D eigenvalue weighted by molar-refractivity contribution is 7.88. The molecule has 1 rings (SSSR count). The Bertz CT molecular complexity index is 481. The van der Waals surface area contributed by atoms with E-state index in [1.54, 1.807) is 6.07 Å². The van der Waals surface area contributed by atoms with Gasteiger partial charge in [-0.2, -0.15) is 5.10 Å². The molecule has 0 aromatic carbocycles. The summed E-state index contributed by atoms with van der Waals surface area (Å²) in [6.07, 6.45) is 2.95. The van der Waals surface area contributed by atoms with E-state index in [2.05, 4.69) is 20.2 Å². The van der Waals surface area contributed by atoms with Crippen LogP contribution in [0.15, 0.2) is 12.3 Å². The van der Waals surface area contributed by atoms with Crippen LogP contribution in [0.4, 0.5) is 5.82 Å². The monoisotopic (exact) mass is 274 g/mol. The molecule has 0 radical (unpaired) electrons. The van der Waals surface area contributed by atoms with Crippen LogP contribution in [0.25, 0.3) is 0 Å². The van der Waals surface area contributed by atoms with Gasteiger partial charge >= 0.3 is 0 Å². The van der Waals surface area contributed by atoms with Crippen molar-refractivity contribution in [2.24, 2.45) is 5.92 Å². The summed E-state index contributed by atoms with van der Waals surface area (Å²) in [7, 11) is -3.43. The predicted molar refractivity (Wildman–Crippen MR) is 68.4 cm³/mol. The molecule has 0 aliphatic carbocycles. The molecule has 1 aromatic rings. The maximum Gasteiger partial charge on any atom is 0.243 e. The first-order valence-corrected chi connectivity index (χ1v) is 7.44. The Hall–Kier alpha value is -1.41. The van der Waals surface area contributed by atoms with E-state index < -0.39 is 22.0 Å². The number of hydrogen-bond acceptors (Lipinski definition) is 4. The van der Waals surface area contributed by atoms with Crippen molar-refractivity contribution in [1.82, 2.24) is 14.9 Å². The van der Waals surface area contributed by atoms with Gasteiger partial charge in [-0.25, -0.2) is 13.1 Å². The quantitative estimate of drug-likeness (QED) is 0.694. The van der Waals surface area contributed by atoms with Gasteiger partial charge in [0.15, 0.2) is 0 Å². The Labute approximate surface area is 106 Å². The predicted octanol–water partition coefficient (Wildman–Crippen LogP) is 0.312. The molecule has 18 heavy (non-hydrogen) atoms. The molecule has 0 fully saturated rings. The van der Waals surface area contributed by atoms with Crippen LogP contribution >= 0.6 is 0 Å². The molecule has 0 aliphatic rings. The Kier molecular flexibility index (Phi) is 4.85. The number of aromatic nitrogens is 2. The summed E-state index contributed by atoms with van der Waals surface area (Å²) < 4.78 is 24.8. The van der Waals surface area contributed by atoms with Crippen molar-refractivity contribution in [1.29, 1.82) is 0 Å². The van der Waals surface area contributed by atoms with E-state index in [1.807, 2.05) is 13.8 Å². The van der Waals surface area contributed by atoms with Gasteiger partial charge in [0.2, 0.25) is 15.9 Å². The van der Waals surface area contributed by atoms with Crippen molar-refractivity contribution in [3.63, 3.8) is 0 Å². The average molecular weight is 274 g/mol. The van der Waals surface area contributed by atoms with E-state index in [1.165, 1.54) is 6.20 Å². The Morgan fingerprint density at radius 1 is 1.50 bits per heavy atom. The van der Waals surface area contributed by atoms with E-state index in [-0.39, 0.29) is 5.92 Å². The molecule has 3 N–H and O–H groups in total. The number of amides is 1.